The maximum absolute atomic E-state index is 12.2. The summed E-state index contributed by atoms with van der Waals surface area (Å²) < 4.78 is 66.2. The summed E-state index contributed by atoms with van der Waals surface area (Å²) >= 11 is 0. The normalized spacial score (nSPS) is 11.8. The van der Waals surface area contributed by atoms with Crippen LogP contribution in [-0.4, -0.2) is 20.7 Å². The molecule has 0 unspecified atom stereocenters. The Morgan fingerprint density at radius 1 is 1.08 bits per heavy atom. The molecular weight excluding hydrogens is 351 g/mol. The van der Waals surface area contributed by atoms with Crippen LogP contribution in [0.4, 0.5) is 18.9 Å². The molecule has 1 N–H and O–H groups in total. The fourth-order valence-corrected chi connectivity index (χ4v) is 2.83. The van der Waals surface area contributed by atoms with Gasteiger partial charge in [-0.25, -0.2) is 8.42 Å². The zero-order valence-corrected chi connectivity index (χ0v) is 12.5. The SMILES string of the molecule is O=C([O-])c1cccc(S(=O)(=O)Nc2ccc(OC(F)(F)F)cc2)c1. The van der Waals surface area contributed by atoms with Crippen molar-refractivity contribution >= 4 is 21.7 Å². The molecule has 0 bridgehead atoms. The summed E-state index contributed by atoms with van der Waals surface area (Å²) in [6.45, 7) is 0. The molecule has 24 heavy (non-hydrogen) atoms. The first kappa shape index (κ1) is 17.6. The molecule has 0 aliphatic heterocycles. The molecule has 128 valence electrons. The van der Waals surface area contributed by atoms with Crippen LogP contribution in [0.25, 0.3) is 0 Å². The van der Waals surface area contributed by atoms with Crippen LogP contribution in [0.15, 0.2) is 53.4 Å². The molecule has 0 fully saturated rings. The lowest BCUT2D eigenvalue weighted by molar-refractivity contribution is -0.274. The molecular formula is C14H9F3NO5S-. The minimum atomic E-state index is -4.85. The smallest absolute Gasteiger partial charge is 0.545 e. The van der Waals surface area contributed by atoms with E-state index < -0.39 is 28.1 Å². The number of hydrogen-bond donors (Lipinski definition) is 1. The summed E-state index contributed by atoms with van der Waals surface area (Å²) in [6.07, 6.45) is -4.85. The van der Waals surface area contributed by atoms with Gasteiger partial charge in [-0.3, -0.25) is 4.72 Å². The fourth-order valence-electron chi connectivity index (χ4n) is 1.73. The number of carboxylic acid groups (broad SMARTS) is 1. The van der Waals surface area contributed by atoms with Crippen LogP contribution in [0.3, 0.4) is 0 Å². The largest absolute Gasteiger partial charge is 0.573 e. The molecule has 0 aliphatic rings. The number of carbonyl (C=O) groups is 1. The van der Waals surface area contributed by atoms with Crippen LogP contribution >= 0.6 is 0 Å². The molecule has 10 heteroatoms. The predicted molar refractivity (Wildman–Crippen MR) is 74.7 cm³/mol. The van der Waals surface area contributed by atoms with Crippen molar-refractivity contribution < 1.29 is 36.2 Å². The standard InChI is InChI=1S/C14H10F3NO5S/c15-14(16,17)23-11-6-4-10(5-7-11)18-24(21,22)12-3-1-2-9(8-12)13(19)20/h1-8,18H,(H,19,20)/p-1. The van der Waals surface area contributed by atoms with Gasteiger partial charge < -0.3 is 14.6 Å². The monoisotopic (exact) mass is 360 g/mol. The quantitative estimate of drug-likeness (QED) is 0.876. The number of sulfonamides is 1. The number of hydrogen-bond acceptors (Lipinski definition) is 5. The fraction of sp³-hybridized carbons (Fsp3) is 0.0714. The molecule has 0 aliphatic carbocycles. The second-order valence-electron chi connectivity index (χ2n) is 4.49. The van der Waals surface area contributed by atoms with Crippen molar-refractivity contribution in [2.45, 2.75) is 11.3 Å². The topological polar surface area (TPSA) is 95.5 Å². The van der Waals surface area contributed by atoms with Gasteiger partial charge in [-0.1, -0.05) is 12.1 Å². The molecule has 0 saturated carbocycles. The molecule has 2 aromatic rings. The molecule has 0 atom stereocenters. The van der Waals surface area contributed by atoms with Crippen molar-refractivity contribution in [1.82, 2.24) is 0 Å². The second-order valence-corrected chi connectivity index (χ2v) is 6.18. The minimum Gasteiger partial charge on any atom is -0.545 e. The van der Waals surface area contributed by atoms with E-state index in [-0.39, 0.29) is 16.1 Å². The maximum atomic E-state index is 12.2. The lowest BCUT2D eigenvalue weighted by Crippen LogP contribution is -2.23. The van der Waals surface area contributed by atoms with Crippen LogP contribution in [-0.2, 0) is 10.0 Å². The lowest BCUT2D eigenvalue weighted by atomic mass is 10.2. The van der Waals surface area contributed by atoms with Gasteiger partial charge in [0.05, 0.1) is 10.9 Å². The summed E-state index contributed by atoms with van der Waals surface area (Å²) in [7, 11) is -4.12. The van der Waals surface area contributed by atoms with Crippen molar-refractivity contribution in [3.8, 4) is 5.75 Å². The molecule has 2 aromatic carbocycles. The third kappa shape index (κ3) is 4.62. The molecule has 6 nitrogen and oxygen atoms in total. The minimum absolute atomic E-state index is 0.0247. The number of anilines is 1. The first-order chi connectivity index (χ1) is 11.1. The third-order valence-electron chi connectivity index (χ3n) is 2.72. The number of ether oxygens (including phenoxy) is 1. The summed E-state index contributed by atoms with van der Waals surface area (Å²) in [6, 6.07) is 8.46. The number of alkyl halides is 3. The van der Waals surface area contributed by atoms with E-state index in [4.69, 9.17) is 0 Å². The Labute approximate surface area is 134 Å². The van der Waals surface area contributed by atoms with Crippen LogP contribution in [0.5, 0.6) is 5.75 Å². The zero-order chi connectivity index (χ0) is 18.0. The number of aromatic carboxylic acids is 1. The average molecular weight is 360 g/mol. The van der Waals surface area contributed by atoms with E-state index in [1.165, 1.54) is 6.07 Å². The van der Waals surface area contributed by atoms with E-state index in [1.807, 2.05) is 0 Å². The first-order valence-electron chi connectivity index (χ1n) is 6.27. The van der Waals surface area contributed by atoms with E-state index in [0.717, 1.165) is 42.5 Å². The number of carbonyl (C=O) groups excluding carboxylic acids is 1. The second kappa shape index (κ2) is 6.40. The van der Waals surface area contributed by atoms with Crippen LogP contribution in [0.2, 0.25) is 0 Å². The van der Waals surface area contributed by atoms with Gasteiger partial charge in [0.1, 0.15) is 5.75 Å². The van der Waals surface area contributed by atoms with Crippen molar-refractivity contribution in [2.75, 3.05) is 4.72 Å². The summed E-state index contributed by atoms with van der Waals surface area (Å²) in [5, 5.41) is 10.8. The van der Waals surface area contributed by atoms with E-state index >= 15 is 0 Å². The molecule has 0 amide bonds. The summed E-state index contributed by atoms with van der Waals surface area (Å²) in [4.78, 5) is 10.4. The summed E-state index contributed by atoms with van der Waals surface area (Å²) in [5.41, 5.74) is -0.352. The Balaban J connectivity index is 2.20. The molecule has 2 rings (SSSR count). The number of rotatable bonds is 5. The van der Waals surface area contributed by atoms with Crippen molar-refractivity contribution in [2.24, 2.45) is 0 Å². The first-order valence-corrected chi connectivity index (χ1v) is 7.75. The van der Waals surface area contributed by atoms with Crippen molar-refractivity contribution in [1.29, 1.82) is 0 Å². The van der Waals surface area contributed by atoms with Crippen LogP contribution < -0.4 is 14.6 Å². The highest BCUT2D eigenvalue weighted by Gasteiger charge is 2.31. The molecule has 0 spiro atoms. The Morgan fingerprint density at radius 2 is 1.71 bits per heavy atom. The Bertz CT molecular complexity index is 847. The third-order valence-corrected chi connectivity index (χ3v) is 4.10. The van der Waals surface area contributed by atoms with Gasteiger partial charge in [-0.15, -0.1) is 13.2 Å². The maximum Gasteiger partial charge on any atom is 0.573 e. The van der Waals surface area contributed by atoms with Gasteiger partial charge in [0.25, 0.3) is 10.0 Å². The van der Waals surface area contributed by atoms with Crippen LogP contribution in [0, 0.1) is 0 Å². The number of carboxylic acids is 1. The van der Waals surface area contributed by atoms with Gasteiger partial charge in [0, 0.05) is 5.69 Å². The molecule has 0 aromatic heterocycles. The number of benzene rings is 2. The van der Waals surface area contributed by atoms with E-state index in [9.17, 15) is 31.5 Å². The van der Waals surface area contributed by atoms with Gasteiger partial charge in [-0.05, 0) is 42.0 Å². The van der Waals surface area contributed by atoms with Gasteiger partial charge in [-0.2, -0.15) is 0 Å². The highest BCUT2D eigenvalue weighted by atomic mass is 32.2. The van der Waals surface area contributed by atoms with Crippen molar-refractivity contribution in [3.63, 3.8) is 0 Å². The number of nitrogens with one attached hydrogen (secondary N) is 1. The molecule has 0 saturated heterocycles. The summed E-state index contributed by atoms with van der Waals surface area (Å²) in [5.74, 6) is -2.05. The highest BCUT2D eigenvalue weighted by Crippen LogP contribution is 2.25. The van der Waals surface area contributed by atoms with Crippen LogP contribution in [0.1, 0.15) is 10.4 Å². The van der Waals surface area contributed by atoms with Gasteiger partial charge >= 0.3 is 6.36 Å². The van der Waals surface area contributed by atoms with Gasteiger partial charge in [0.2, 0.25) is 0 Å². The Hall–Kier alpha value is -2.75. The number of halogens is 3. The van der Waals surface area contributed by atoms with E-state index in [0.29, 0.717) is 0 Å². The Kier molecular flexibility index (Phi) is 4.69. The zero-order valence-electron chi connectivity index (χ0n) is 11.7. The average Bonchev–Trinajstić information content (AvgIpc) is 2.48. The molecule has 0 heterocycles. The Morgan fingerprint density at radius 3 is 2.25 bits per heavy atom. The molecule has 0 radical (unpaired) electrons. The lowest BCUT2D eigenvalue weighted by Gasteiger charge is -2.11. The van der Waals surface area contributed by atoms with Gasteiger partial charge in [0.15, 0.2) is 0 Å². The van der Waals surface area contributed by atoms with E-state index in [2.05, 4.69) is 9.46 Å². The van der Waals surface area contributed by atoms with E-state index in [1.54, 1.807) is 0 Å². The highest BCUT2D eigenvalue weighted by molar-refractivity contribution is 7.92. The predicted octanol–water partition coefficient (Wildman–Crippen LogP) is 1.75. The van der Waals surface area contributed by atoms with Crippen molar-refractivity contribution in [3.05, 3.63) is 54.1 Å².